The van der Waals surface area contributed by atoms with Crippen LogP contribution in [0, 0.1) is 6.92 Å². The van der Waals surface area contributed by atoms with Crippen molar-refractivity contribution in [1.82, 2.24) is 0 Å². The van der Waals surface area contributed by atoms with Crippen LogP contribution in [0.25, 0.3) is 22.3 Å². The summed E-state index contributed by atoms with van der Waals surface area (Å²) < 4.78 is 0. The summed E-state index contributed by atoms with van der Waals surface area (Å²) in [5, 5.41) is 7.30. The highest BCUT2D eigenvalue weighted by Crippen LogP contribution is 2.38. The molecule has 0 aliphatic rings. The normalized spacial score (nSPS) is 10.4. The largest absolute Gasteiger partial charge is 0.412 e. The number of nitrogens with zero attached hydrogens (tertiary/aromatic N) is 1. The SMILES string of the molecule is Cc1ccc(N(CNc2ccccc2N)c2ccccc2)cc1-c1ccccc1Nc1ccccc1-c1ccccc1.O. The fourth-order valence-corrected chi connectivity index (χ4v) is 5.26. The molecule has 43 heavy (non-hydrogen) atoms. The van der Waals surface area contributed by atoms with Gasteiger partial charge in [0.2, 0.25) is 0 Å². The Morgan fingerprint density at radius 1 is 0.535 bits per heavy atom. The molecule has 6 rings (SSSR count). The van der Waals surface area contributed by atoms with Crippen LogP contribution in [0.3, 0.4) is 0 Å². The third-order valence-corrected chi connectivity index (χ3v) is 7.49. The minimum atomic E-state index is 0. The van der Waals surface area contributed by atoms with Crippen molar-refractivity contribution in [3.05, 3.63) is 157 Å². The molecule has 0 bridgehead atoms. The van der Waals surface area contributed by atoms with E-state index >= 15 is 0 Å². The zero-order valence-electron chi connectivity index (χ0n) is 24.2. The Morgan fingerprint density at radius 3 is 1.79 bits per heavy atom. The van der Waals surface area contributed by atoms with Gasteiger partial charge in [0, 0.05) is 33.9 Å². The van der Waals surface area contributed by atoms with Crippen molar-refractivity contribution in [3.63, 3.8) is 0 Å². The van der Waals surface area contributed by atoms with E-state index in [4.69, 9.17) is 5.73 Å². The lowest BCUT2D eigenvalue weighted by Gasteiger charge is -2.27. The van der Waals surface area contributed by atoms with Gasteiger partial charge in [-0.1, -0.05) is 103 Å². The third-order valence-electron chi connectivity index (χ3n) is 7.49. The molecule has 214 valence electrons. The predicted octanol–water partition coefficient (Wildman–Crippen LogP) is 9.04. The van der Waals surface area contributed by atoms with Crippen LogP contribution in [0.15, 0.2) is 152 Å². The molecule has 0 heterocycles. The Balaban J connectivity index is 0.00000368. The van der Waals surface area contributed by atoms with E-state index in [1.165, 1.54) is 22.3 Å². The van der Waals surface area contributed by atoms with Crippen molar-refractivity contribution < 1.29 is 5.48 Å². The molecule has 6 aromatic rings. The minimum absolute atomic E-state index is 0. The van der Waals surface area contributed by atoms with Gasteiger partial charge in [0.05, 0.1) is 18.0 Å². The van der Waals surface area contributed by atoms with E-state index in [0.29, 0.717) is 6.67 Å². The van der Waals surface area contributed by atoms with Crippen LogP contribution in [0.4, 0.5) is 34.1 Å². The standard InChI is InChI=1S/C38H34N4.H2O/c1-28-24-25-31(42(30-16-6-3-7-17-30)27-40-38-23-13-10-20-35(38)39)26-34(28)33-19-9-12-22-37(33)41-36-21-11-8-18-32(36)29-14-4-2-5-15-29;/h2-26,40-41H,27,39H2,1H3;1H2. The van der Waals surface area contributed by atoms with E-state index < -0.39 is 0 Å². The predicted molar refractivity (Wildman–Crippen MR) is 183 cm³/mol. The molecule has 0 fully saturated rings. The quantitative estimate of drug-likeness (QED) is 0.121. The fraction of sp³-hybridized carbons (Fsp3) is 0.0526. The highest BCUT2D eigenvalue weighted by atomic mass is 16.0. The van der Waals surface area contributed by atoms with Crippen LogP contribution in [0.2, 0.25) is 0 Å². The van der Waals surface area contributed by atoms with Crippen LogP contribution in [0.5, 0.6) is 0 Å². The van der Waals surface area contributed by atoms with Gasteiger partial charge in [-0.25, -0.2) is 0 Å². The fourth-order valence-electron chi connectivity index (χ4n) is 5.26. The van der Waals surface area contributed by atoms with Gasteiger partial charge in [-0.2, -0.15) is 0 Å². The van der Waals surface area contributed by atoms with Gasteiger partial charge >= 0.3 is 0 Å². The molecule has 5 heteroatoms. The molecule has 0 unspecified atom stereocenters. The zero-order chi connectivity index (χ0) is 28.7. The molecule has 0 aromatic heterocycles. The van der Waals surface area contributed by atoms with E-state index in [0.717, 1.165) is 39.7 Å². The first-order chi connectivity index (χ1) is 20.7. The van der Waals surface area contributed by atoms with E-state index in [-0.39, 0.29) is 5.48 Å². The van der Waals surface area contributed by atoms with Crippen LogP contribution >= 0.6 is 0 Å². The lowest BCUT2D eigenvalue weighted by molar-refractivity contribution is 0.824. The average molecular weight is 565 g/mol. The lowest BCUT2D eigenvalue weighted by atomic mass is 9.97. The summed E-state index contributed by atoms with van der Waals surface area (Å²) in [7, 11) is 0. The molecule has 0 radical (unpaired) electrons. The van der Waals surface area contributed by atoms with Gasteiger partial charge in [0.1, 0.15) is 0 Å². The van der Waals surface area contributed by atoms with Crippen LogP contribution in [0.1, 0.15) is 5.56 Å². The molecule has 0 spiro atoms. The van der Waals surface area contributed by atoms with Crippen molar-refractivity contribution in [2.75, 3.05) is 27.9 Å². The first kappa shape index (κ1) is 29.0. The average Bonchev–Trinajstić information content (AvgIpc) is 3.04. The molecule has 0 aliphatic heterocycles. The number of rotatable bonds is 9. The topological polar surface area (TPSA) is 84.8 Å². The molecule has 6 N–H and O–H groups in total. The number of hydrogen-bond acceptors (Lipinski definition) is 4. The molecule has 0 aliphatic carbocycles. The summed E-state index contributed by atoms with van der Waals surface area (Å²) in [4.78, 5) is 2.27. The number of nitrogens with one attached hydrogen (secondary N) is 2. The van der Waals surface area contributed by atoms with Crippen molar-refractivity contribution in [2.24, 2.45) is 0 Å². The van der Waals surface area contributed by atoms with Crippen molar-refractivity contribution >= 4 is 34.1 Å². The van der Waals surface area contributed by atoms with E-state index in [1.54, 1.807) is 0 Å². The Morgan fingerprint density at radius 2 is 1.09 bits per heavy atom. The number of benzene rings is 6. The molecule has 5 nitrogen and oxygen atoms in total. The highest BCUT2D eigenvalue weighted by Gasteiger charge is 2.15. The molecule has 0 amide bonds. The summed E-state index contributed by atoms with van der Waals surface area (Å²) in [6, 6.07) is 52.5. The van der Waals surface area contributed by atoms with Crippen LogP contribution in [-0.2, 0) is 0 Å². The van der Waals surface area contributed by atoms with Crippen LogP contribution < -0.4 is 21.3 Å². The van der Waals surface area contributed by atoms with Gasteiger partial charge in [-0.15, -0.1) is 0 Å². The maximum absolute atomic E-state index is 6.24. The van der Waals surface area contributed by atoms with Gasteiger partial charge < -0.3 is 26.7 Å². The second-order valence-electron chi connectivity index (χ2n) is 10.3. The van der Waals surface area contributed by atoms with E-state index in [2.05, 4.69) is 138 Å². The van der Waals surface area contributed by atoms with E-state index in [9.17, 15) is 0 Å². The molecular weight excluding hydrogens is 528 g/mol. The summed E-state index contributed by atoms with van der Waals surface area (Å²) in [6.45, 7) is 2.73. The molecule has 0 saturated heterocycles. The molecule has 0 saturated carbocycles. The van der Waals surface area contributed by atoms with Crippen molar-refractivity contribution in [2.45, 2.75) is 6.92 Å². The Kier molecular flexibility index (Phi) is 9.05. The lowest BCUT2D eigenvalue weighted by Crippen LogP contribution is -2.25. The van der Waals surface area contributed by atoms with Gasteiger partial charge in [0.15, 0.2) is 0 Å². The van der Waals surface area contributed by atoms with Crippen molar-refractivity contribution in [1.29, 1.82) is 0 Å². The minimum Gasteiger partial charge on any atom is -0.412 e. The van der Waals surface area contributed by atoms with Gasteiger partial charge in [-0.05, 0) is 72.1 Å². The smallest absolute Gasteiger partial charge is 0.0926 e. The third kappa shape index (κ3) is 6.53. The Hall–Kier alpha value is -5.52. The summed E-state index contributed by atoms with van der Waals surface area (Å²) in [5.41, 5.74) is 18.1. The number of aryl methyl sites for hydroxylation is 1. The number of nitrogen functional groups attached to an aromatic ring is 1. The highest BCUT2D eigenvalue weighted by molar-refractivity contribution is 5.88. The van der Waals surface area contributed by atoms with Crippen LogP contribution in [-0.4, -0.2) is 12.1 Å². The number of hydrogen-bond donors (Lipinski definition) is 3. The Bertz CT molecular complexity index is 1790. The number of anilines is 6. The van der Waals surface area contributed by atoms with Gasteiger partial charge in [0.25, 0.3) is 0 Å². The molecular formula is C38H36N4O. The monoisotopic (exact) mass is 564 g/mol. The first-order valence-corrected chi connectivity index (χ1v) is 14.2. The first-order valence-electron chi connectivity index (χ1n) is 14.2. The maximum atomic E-state index is 6.24. The molecule has 6 aromatic carbocycles. The van der Waals surface area contributed by atoms with Gasteiger partial charge in [-0.3, -0.25) is 0 Å². The second-order valence-corrected chi connectivity index (χ2v) is 10.3. The number of para-hydroxylation sites is 5. The summed E-state index contributed by atoms with van der Waals surface area (Å²) in [6.07, 6.45) is 0. The van der Waals surface area contributed by atoms with Crippen molar-refractivity contribution in [3.8, 4) is 22.3 Å². The van der Waals surface area contributed by atoms with E-state index in [1.807, 2.05) is 36.4 Å². The second kappa shape index (κ2) is 13.4. The zero-order valence-corrected chi connectivity index (χ0v) is 24.2. The number of nitrogens with two attached hydrogens (primary N) is 1. The summed E-state index contributed by atoms with van der Waals surface area (Å²) in [5.74, 6) is 0. The molecule has 0 atom stereocenters. The Labute approximate surface area is 253 Å². The maximum Gasteiger partial charge on any atom is 0.0926 e. The summed E-state index contributed by atoms with van der Waals surface area (Å²) >= 11 is 0.